The molecular weight excluding hydrogens is 367 g/mol. The van der Waals surface area contributed by atoms with E-state index in [1.165, 1.54) is 17.8 Å². The van der Waals surface area contributed by atoms with Gasteiger partial charge in [0.25, 0.3) is 0 Å². The van der Waals surface area contributed by atoms with E-state index in [2.05, 4.69) is 15.3 Å². The summed E-state index contributed by atoms with van der Waals surface area (Å²) in [5.74, 6) is 0.252. The van der Waals surface area contributed by atoms with Gasteiger partial charge < -0.3 is 15.6 Å². The summed E-state index contributed by atoms with van der Waals surface area (Å²) in [5.41, 5.74) is 7.56. The molecule has 3 N–H and O–H groups in total. The standard InChI is InChI=1S/C17H15ClF3N5/c1-26-9-14(17(19,20)21)25-16(26)11-4-2-10(3-5-11)7-23-13-6-15(18)24-8-12(13)22/h2-6,8-9H,7,22H2,1H3,(H,23,24). The highest BCUT2D eigenvalue weighted by atomic mass is 35.5. The zero-order chi connectivity index (χ0) is 18.9. The van der Waals surface area contributed by atoms with Crippen LogP contribution in [0.4, 0.5) is 24.5 Å². The number of nitrogens with two attached hydrogens (primary N) is 1. The van der Waals surface area contributed by atoms with Crippen molar-refractivity contribution in [2.24, 2.45) is 7.05 Å². The van der Waals surface area contributed by atoms with Crippen LogP contribution in [0.1, 0.15) is 11.3 Å². The van der Waals surface area contributed by atoms with Crippen molar-refractivity contribution in [3.05, 3.63) is 59.1 Å². The van der Waals surface area contributed by atoms with E-state index in [1.54, 1.807) is 18.2 Å². The monoisotopic (exact) mass is 381 g/mol. The van der Waals surface area contributed by atoms with Crippen molar-refractivity contribution in [3.8, 4) is 11.4 Å². The lowest BCUT2D eigenvalue weighted by Gasteiger charge is -2.10. The first-order valence-corrected chi connectivity index (χ1v) is 7.96. The number of nitrogens with zero attached hydrogens (tertiary/aromatic N) is 3. The number of anilines is 2. The molecule has 3 rings (SSSR count). The van der Waals surface area contributed by atoms with Gasteiger partial charge in [-0.05, 0) is 5.56 Å². The number of nitrogen functional groups attached to an aromatic ring is 1. The molecule has 0 aliphatic carbocycles. The molecule has 3 aromatic rings. The third-order valence-corrected chi connectivity index (χ3v) is 3.97. The van der Waals surface area contributed by atoms with E-state index in [9.17, 15) is 13.2 Å². The van der Waals surface area contributed by atoms with Gasteiger partial charge in [-0.3, -0.25) is 0 Å². The summed E-state index contributed by atoms with van der Waals surface area (Å²) >= 11 is 5.84. The molecule has 1 aromatic carbocycles. The third kappa shape index (κ3) is 3.91. The van der Waals surface area contributed by atoms with Crippen LogP contribution in [-0.2, 0) is 19.8 Å². The van der Waals surface area contributed by atoms with Crippen molar-refractivity contribution in [3.63, 3.8) is 0 Å². The summed E-state index contributed by atoms with van der Waals surface area (Å²) in [6, 6.07) is 8.69. The number of hydrogen-bond donors (Lipinski definition) is 2. The predicted octanol–water partition coefficient (Wildman–Crippen LogP) is 4.35. The molecule has 5 nitrogen and oxygen atoms in total. The van der Waals surface area contributed by atoms with Gasteiger partial charge in [-0.25, -0.2) is 9.97 Å². The number of imidazole rings is 1. The first-order chi connectivity index (χ1) is 12.2. The fraction of sp³-hybridized carbons (Fsp3) is 0.176. The number of aromatic nitrogens is 3. The van der Waals surface area contributed by atoms with E-state index in [4.69, 9.17) is 17.3 Å². The van der Waals surface area contributed by atoms with Gasteiger partial charge in [0, 0.05) is 31.4 Å². The van der Waals surface area contributed by atoms with E-state index in [1.807, 2.05) is 12.1 Å². The lowest BCUT2D eigenvalue weighted by atomic mass is 10.1. The maximum Gasteiger partial charge on any atom is 0.434 e. The summed E-state index contributed by atoms with van der Waals surface area (Å²) < 4.78 is 39.7. The molecule has 0 saturated heterocycles. The Kier molecular flexibility index (Phi) is 4.78. The van der Waals surface area contributed by atoms with Gasteiger partial charge in [-0.15, -0.1) is 0 Å². The lowest BCUT2D eigenvalue weighted by Crippen LogP contribution is -2.05. The fourth-order valence-electron chi connectivity index (χ4n) is 2.43. The Morgan fingerprint density at radius 3 is 2.54 bits per heavy atom. The van der Waals surface area contributed by atoms with E-state index < -0.39 is 11.9 Å². The zero-order valence-electron chi connectivity index (χ0n) is 13.7. The number of pyridine rings is 1. The highest BCUT2D eigenvalue weighted by molar-refractivity contribution is 6.29. The summed E-state index contributed by atoms with van der Waals surface area (Å²) in [7, 11) is 1.53. The molecule has 0 aliphatic rings. The number of benzene rings is 1. The minimum absolute atomic E-state index is 0.252. The van der Waals surface area contributed by atoms with Crippen molar-refractivity contribution in [2.75, 3.05) is 11.1 Å². The molecule has 0 radical (unpaired) electrons. The van der Waals surface area contributed by atoms with Crippen molar-refractivity contribution >= 4 is 23.0 Å². The largest absolute Gasteiger partial charge is 0.434 e. The highest BCUT2D eigenvalue weighted by Crippen LogP contribution is 2.30. The maximum absolute atomic E-state index is 12.8. The summed E-state index contributed by atoms with van der Waals surface area (Å²) in [5, 5.41) is 3.47. The molecule has 0 aliphatic heterocycles. The number of aryl methyl sites for hydroxylation is 1. The molecule has 26 heavy (non-hydrogen) atoms. The molecule has 2 heterocycles. The Labute approximate surface area is 152 Å². The molecule has 0 bridgehead atoms. The molecule has 0 spiro atoms. The predicted molar refractivity (Wildman–Crippen MR) is 94.6 cm³/mol. The SMILES string of the molecule is Cn1cc(C(F)(F)F)nc1-c1ccc(CNc2cc(Cl)ncc2N)cc1. The summed E-state index contributed by atoms with van der Waals surface area (Å²) in [6.45, 7) is 0.471. The molecule has 9 heteroatoms. The van der Waals surface area contributed by atoms with Crippen LogP contribution in [0, 0.1) is 0 Å². The van der Waals surface area contributed by atoms with Crippen molar-refractivity contribution in [1.29, 1.82) is 0 Å². The topological polar surface area (TPSA) is 68.8 Å². The fourth-order valence-corrected chi connectivity index (χ4v) is 2.59. The molecule has 0 fully saturated rings. The molecule has 0 saturated carbocycles. The van der Waals surface area contributed by atoms with Crippen molar-refractivity contribution in [1.82, 2.24) is 14.5 Å². The minimum atomic E-state index is -4.47. The lowest BCUT2D eigenvalue weighted by molar-refractivity contribution is -0.140. The van der Waals surface area contributed by atoms with E-state index in [0.717, 1.165) is 11.8 Å². The van der Waals surface area contributed by atoms with E-state index >= 15 is 0 Å². The zero-order valence-corrected chi connectivity index (χ0v) is 14.4. The van der Waals surface area contributed by atoms with Crippen LogP contribution in [0.15, 0.2) is 42.7 Å². The number of alkyl halides is 3. The van der Waals surface area contributed by atoms with Crippen LogP contribution in [0.2, 0.25) is 5.15 Å². The Balaban J connectivity index is 1.75. The Morgan fingerprint density at radius 1 is 1.23 bits per heavy atom. The van der Waals surface area contributed by atoms with Crippen LogP contribution in [-0.4, -0.2) is 14.5 Å². The number of rotatable bonds is 4. The van der Waals surface area contributed by atoms with Crippen LogP contribution < -0.4 is 11.1 Å². The maximum atomic E-state index is 12.8. The average Bonchev–Trinajstić information content (AvgIpc) is 2.98. The van der Waals surface area contributed by atoms with Gasteiger partial charge in [0.1, 0.15) is 11.0 Å². The summed E-state index contributed by atoms with van der Waals surface area (Å²) in [4.78, 5) is 7.56. The third-order valence-electron chi connectivity index (χ3n) is 3.76. The van der Waals surface area contributed by atoms with Crippen LogP contribution in [0.5, 0.6) is 0 Å². The van der Waals surface area contributed by atoms with E-state index in [-0.39, 0.29) is 5.82 Å². The number of halogens is 4. The molecular formula is C17H15ClF3N5. The van der Waals surface area contributed by atoms with Crippen molar-refractivity contribution in [2.45, 2.75) is 12.7 Å². The number of hydrogen-bond acceptors (Lipinski definition) is 4. The first kappa shape index (κ1) is 18.1. The van der Waals surface area contributed by atoms with Gasteiger partial charge in [0.05, 0.1) is 17.6 Å². The van der Waals surface area contributed by atoms with Crippen molar-refractivity contribution < 1.29 is 13.2 Å². The Morgan fingerprint density at radius 2 is 1.92 bits per heavy atom. The number of nitrogens with one attached hydrogen (secondary N) is 1. The van der Waals surface area contributed by atoms with Crippen LogP contribution in [0.3, 0.4) is 0 Å². The van der Waals surface area contributed by atoms with Crippen LogP contribution >= 0.6 is 11.6 Å². The second-order valence-corrected chi connectivity index (χ2v) is 6.09. The van der Waals surface area contributed by atoms with E-state index in [0.29, 0.717) is 28.6 Å². The molecule has 0 amide bonds. The molecule has 136 valence electrons. The van der Waals surface area contributed by atoms with Crippen LogP contribution in [0.25, 0.3) is 11.4 Å². The smallest absolute Gasteiger partial charge is 0.396 e. The average molecular weight is 382 g/mol. The van der Waals surface area contributed by atoms with Gasteiger partial charge in [-0.2, -0.15) is 13.2 Å². The van der Waals surface area contributed by atoms with Gasteiger partial charge in [-0.1, -0.05) is 35.9 Å². The quantitative estimate of drug-likeness (QED) is 0.659. The minimum Gasteiger partial charge on any atom is -0.396 e. The van der Waals surface area contributed by atoms with Gasteiger partial charge >= 0.3 is 6.18 Å². The van der Waals surface area contributed by atoms with Gasteiger partial charge in [0.15, 0.2) is 5.69 Å². The summed E-state index contributed by atoms with van der Waals surface area (Å²) in [6.07, 6.45) is -2.03. The van der Waals surface area contributed by atoms with Gasteiger partial charge in [0.2, 0.25) is 0 Å². The molecule has 0 atom stereocenters. The second kappa shape index (κ2) is 6.87. The molecule has 2 aromatic heterocycles. The Hall–Kier alpha value is -2.74. The second-order valence-electron chi connectivity index (χ2n) is 5.70. The first-order valence-electron chi connectivity index (χ1n) is 7.59. The normalized spacial score (nSPS) is 11.6. The molecule has 0 unspecified atom stereocenters. The Bertz CT molecular complexity index is 919. The highest BCUT2D eigenvalue weighted by Gasteiger charge is 2.34.